The molecule has 0 unspecified atom stereocenters. The molecule has 1 aromatic carbocycles. The number of anilines is 2. The summed E-state index contributed by atoms with van der Waals surface area (Å²) < 4.78 is 1.13. The lowest BCUT2D eigenvalue weighted by Gasteiger charge is -2.38. The van der Waals surface area contributed by atoms with Crippen molar-refractivity contribution in [1.82, 2.24) is 19.8 Å². The van der Waals surface area contributed by atoms with Crippen LogP contribution < -0.4 is 11.1 Å². The summed E-state index contributed by atoms with van der Waals surface area (Å²) >= 11 is 1.68. The van der Waals surface area contributed by atoms with Gasteiger partial charge in [0, 0.05) is 13.1 Å². The number of benzene rings is 1. The minimum absolute atomic E-state index is 0.158. The molecule has 0 aliphatic carbocycles. The third-order valence-electron chi connectivity index (χ3n) is 5.94. The molecule has 3 N–H and O–H groups in total. The first-order chi connectivity index (χ1) is 15.7. The van der Waals surface area contributed by atoms with E-state index < -0.39 is 11.8 Å². The highest BCUT2D eigenvalue weighted by molar-refractivity contribution is 7.18. The summed E-state index contributed by atoms with van der Waals surface area (Å²) in [5, 5.41) is 3.74. The number of nitrogen functional groups attached to an aromatic ring is 1. The molecule has 0 radical (unpaired) electrons. The highest BCUT2D eigenvalue weighted by Crippen LogP contribution is 2.35. The number of nitrogens with one attached hydrogen (secondary N) is 1. The average molecular weight is 467 g/mol. The summed E-state index contributed by atoms with van der Waals surface area (Å²) in [6.45, 7) is 5.25. The maximum absolute atomic E-state index is 13.2. The molecule has 1 aliphatic rings. The SMILES string of the molecule is Cc1cc(NC(=O)C(=O)N2C[C@@H](C)CC[C@@H]2c2ccc3sc(CN(C)C)nc3c2)cnc1N. The van der Waals surface area contributed by atoms with E-state index in [-0.39, 0.29) is 6.04 Å². The number of amides is 2. The number of fused-ring (bicyclic) bond motifs is 1. The van der Waals surface area contributed by atoms with Crippen molar-refractivity contribution in [2.45, 2.75) is 39.3 Å². The van der Waals surface area contributed by atoms with Crippen LogP contribution in [0.15, 0.2) is 30.5 Å². The number of rotatable bonds is 4. The molecule has 1 aliphatic heterocycles. The van der Waals surface area contributed by atoms with Crippen molar-refractivity contribution in [3.05, 3.63) is 46.6 Å². The van der Waals surface area contributed by atoms with Crippen molar-refractivity contribution in [3.8, 4) is 0 Å². The highest BCUT2D eigenvalue weighted by atomic mass is 32.1. The van der Waals surface area contributed by atoms with Crippen molar-refractivity contribution in [2.75, 3.05) is 31.7 Å². The molecular weight excluding hydrogens is 436 g/mol. The summed E-state index contributed by atoms with van der Waals surface area (Å²) in [6.07, 6.45) is 3.27. The lowest BCUT2D eigenvalue weighted by atomic mass is 9.89. The first-order valence-corrected chi connectivity index (χ1v) is 11.9. The number of thiazole rings is 1. The van der Waals surface area contributed by atoms with Crippen LogP contribution >= 0.6 is 11.3 Å². The fourth-order valence-electron chi connectivity index (χ4n) is 4.23. The van der Waals surface area contributed by atoms with Crippen LogP contribution in [0.2, 0.25) is 0 Å². The van der Waals surface area contributed by atoms with Gasteiger partial charge in [-0.2, -0.15) is 0 Å². The van der Waals surface area contributed by atoms with E-state index in [2.05, 4.69) is 40.3 Å². The number of hydrogen-bond acceptors (Lipinski definition) is 7. The zero-order valence-electron chi connectivity index (χ0n) is 19.5. The Balaban J connectivity index is 1.57. The highest BCUT2D eigenvalue weighted by Gasteiger charge is 2.34. The molecule has 3 heterocycles. The van der Waals surface area contributed by atoms with Gasteiger partial charge >= 0.3 is 11.8 Å². The topological polar surface area (TPSA) is 104 Å². The number of carbonyl (C=O) groups is 2. The summed E-state index contributed by atoms with van der Waals surface area (Å²) in [6, 6.07) is 7.76. The van der Waals surface area contributed by atoms with Gasteiger partial charge in [0.15, 0.2) is 0 Å². The molecule has 3 aromatic rings. The Kier molecular flexibility index (Phi) is 6.62. The summed E-state index contributed by atoms with van der Waals surface area (Å²) in [7, 11) is 4.05. The molecule has 8 nitrogen and oxygen atoms in total. The van der Waals surface area contributed by atoms with Crippen molar-refractivity contribution < 1.29 is 9.59 Å². The zero-order valence-corrected chi connectivity index (χ0v) is 20.3. The maximum Gasteiger partial charge on any atom is 0.313 e. The van der Waals surface area contributed by atoms with Gasteiger partial charge in [-0.3, -0.25) is 9.59 Å². The molecule has 0 bridgehead atoms. The molecular formula is C24H30N6O2S. The second kappa shape index (κ2) is 9.44. The van der Waals surface area contributed by atoms with Crippen molar-refractivity contribution in [2.24, 2.45) is 5.92 Å². The van der Waals surface area contributed by atoms with Crippen LogP contribution in [0.25, 0.3) is 10.2 Å². The van der Waals surface area contributed by atoms with Gasteiger partial charge in [0.05, 0.1) is 28.1 Å². The molecule has 2 aromatic heterocycles. The van der Waals surface area contributed by atoms with E-state index >= 15 is 0 Å². The monoisotopic (exact) mass is 466 g/mol. The van der Waals surface area contributed by atoms with E-state index in [1.807, 2.05) is 14.1 Å². The summed E-state index contributed by atoms with van der Waals surface area (Å²) in [4.78, 5) is 38.7. The van der Waals surface area contributed by atoms with E-state index in [1.54, 1.807) is 29.2 Å². The van der Waals surface area contributed by atoms with Crippen LogP contribution in [-0.2, 0) is 16.1 Å². The van der Waals surface area contributed by atoms with Crippen LogP contribution in [0.3, 0.4) is 0 Å². The van der Waals surface area contributed by atoms with E-state index in [0.717, 1.165) is 45.7 Å². The van der Waals surface area contributed by atoms with Crippen LogP contribution in [0.5, 0.6) is 0 Å². The number of likely N-dealkylation sites (tertiary alicyclic amines) is 1. The Morgan fingerprint density at radius 2 is 2.06 bits per heavy atom. The fourth-order valence-corrected chi connectivity index (χ4v) is 5.30. The number of hydrogen-bond donors (Lipinski definition) is 2. The Morgan fingerprint density at radius 3 is 2.79 bits per heavy atom. The zero-order chi connectivity index (χ0) is 23.7. The van der Waals surface area contributed by atoms with Crippen molar-refractivity contribution in [3.63, 3.8) is 0 Å². The lowest BCUT2D eigenvalue weighted by Crippen LogP contribution is -2.46. The molecule has 9 heteroatoms. The first kappa shape index (κ1) is 23.1. The fraction of sp³-hybridized carbons (Fsp3) is 0.417. The van der Waals surface area contributed by atoms with E-state index in [1.165, 1.54) is 6.20 Å². The second-order valence-corrected chi connectivity index (χ2v) is 10.2. The van der Waals surface area contributed by atoms with Crippen LogP contribution in [0.1, 0.15) is 41.9 Å². The molecule has 1 fully saturated rings. The van der Waals surface area contributed by atoms with Gasteiger partial charge in [0.2, 0.25) is 0 Å². The molecule has 2 atom stereocenters. The normalized spacial score (nSPS) is 18.6. The van der Waals surface area contributed by atoms with Crippen LogP contribution in [0, 0.1) is 12.8 Å². The number of piperidine rings is 1. The number of aromatic nitrogens is 2. The number of carbonyl (C=O) groups excluding carboxylic acids is 2. The van der Waals surface area contributed by atoms with Crippen LogP contribution in [0.4, 0.5) is 11.5 Å². The third kappa shape index (κ3) is 5.15. The smallest absolute Gasteiger partial charge is 0.313 e. The van der Waals surface area contributed by atoms with Gasteiger partial charge in [-0.05, 0) is 69.1 Å². The molecule has 4 rings (SSSR count). The van der Waals surface area contributed by atoms with E-state index in [0.29, 0.717) is 24.0 Å². The van der Waals surface area contributed by atoms with Gasteiger partial charge in [0.25, 0.3) is 0 Å². The van der Waals surface area contributed by atoms with Gasteiger partial charge in [-0.15, -0.1) is 11.3 Å². The first-order valence-electron chi connectivity index (χ1n) is 11.1. The standard InChI is InChI=1S/C24H30N6O2S/c1-14-5-7-19(16-6-8-20-18(10-16)28-21(33-20)13-29(3)4)30(12-14)24(32)23(31)27-17-9-15(2)22(25)26-11-17/h6,8-11,14,19H,5,7,12-13H2,1-4H3,(H2,25,26)(H,27,31)/t14-,19+/m0/s1. The van der Waals surface area contributed by atoms with Gasteiger partial charge < -0.3 is 20.9 Å². The minimum Gasteiger partial charge on any atom is -0.383 e. The predicted molar refractivity (Wildman–Crippen MR) is 132 cm³/mol. The summed E-state index contributed by atoms with van der Waals surface area (Å²) in [5.74, 6) is -0.473. The van der Waals surface area contributed by atoms with E-state index in [4.69, 9.17) is 10.7 Å². The predicted octanol–water partition coefficient (Wildman–Crippen LogP) is 3.58. The lowest BCUT2D eigenvalue weighted by molar-refractivity contribution is -0.146. The average Bonchev–Trinajstić information content (AvgIpc) is 3.16. The maximum atomic E-state index is 13.2. The quantitative estimate of drug-likeness (QED) is 0.570. The van der Waals surface area contributed by atoms with Crippen molar-refractivity contribution in [1.29, 1.82) is 0 Å². The molecule has 33 heavy (non-hydrogen) atoms. The Labute approximate surface area is 197 Å². The van der Waals surface area contributed by atoms with Crippen molar-refractivity contribution >= 4 is 44.9 Å². The number of nitrogens with zero attached hydrogens (tertiary/aromatic N) is 4. The summed E-state index contributed by atoms with van der Waals surface area (Å²) in [5.41, 5.74) is 8.91. The Morgan fingerprint density at radius 1 is 1.27 bits per heavy atom. The number of aryl methyl sites for hydroxylation is 1. The molecule has 0 saturated carbocycles. The largest absolute Gasteiger partial charge is 0.383 e. The molecule has 2 amide bonds. The number of nitrogens with two attached hydrogens (primary N) is 1. The number of pyridine rings is 1. The Hall–Kier alpha value is -3.04. The van der Waals surface area contributed by atoms with Gasteiger partial charge in [-0.25, -0.2) is 9.97 Å². The van der Waals surface area contributed by atoms with E-state index in [9.17, 15) is 9.59 Å². The minimum atomic E-state index is -0.664. The van der Waals surface area contributed by atoms with Gasteiger partial charge in [0.1, 0.15) is 10.8 Å². The third-order valence-corrected chi connectivity index (χ3v) is 6.96. The van der Waals surface area contributed by atoms with Gasteiger partial charge in [-0.1, -0.05) is 13.0 Å². The molecule has 1 saturated heterocycles. The Bertz CT molecular complexity index is 1190. The van der Waals surface area contributed by atoms with Crippen LogP contribution in [-0.4, -0.2) is 52.2 Å². The molecule has 174 valence electrons. The molecule has 0 spiro atoms. The second-order valence-electron chi connectivity index (χ2n) is 9.11.